The average molecular weight is 191 g/mol. The summed E-state index contributed by atoms with van der Waals surface area (Å²) in [4.78, 5) is 11.4. The maximum Gasteiger partial charge on any atom is 0.338 e. The summed E-state index contributed by atoms with van der Waals surface area (Å²) in [5, 5.41) is 0. The Morgan fingerprint density at radius 3 is 2.71 bits per heavy atom. The molecule has 0 N–H and O–H groups in total. The van der Waals surface area contributed by atoms with Gasteiger partial charge >= 0.3 is 5.97 Å². The lowest BCUT2D eigenvalue weighted by molar-refractivity contribution is 0.0447. The van der Waals surface area contributed by atoms with Gasteiger partial charge in [0.15, 0.2) is 0 Å². The first-order chi connectivity index (χ1) is 6.74. The van der Waals surface area contributed by atoms with Gasteiger partial charge in [-0.15, -0.1) is 0 Å². The molecule has 0 heterocycles. The third-order valence-corrected chi connectivity index (χ3v) is 2.15. The zero-order valence-electron chi connectivity index (χ0n) is 8.62. The smallest absolute Gasteiger partial charge is 0.338 e. The van der Waals surface area contributed by atoms with E-state index in [1.807, 2.05) is 0 Å². The molecule has 0 saturated heterocycles. The van der Waals surface area contributed by atoms with Crippen molar-refractivity contribution in [2.45, 2.75) is 20.3 Å². The normalized spacial score (nSPS) is 12.1. The summed E-state index contributed by atoms with van der Waals surface area (Å²) < 4.78 is 5.13. The summed E-state index contributed by atoms with van der Waals surface area (Å²) in [6.45, 7) is 4.63. The molecule has 0 aliphatic carbocycles. The van der Waals surface area contributed by atoms with Crippen LogP contribution in [0.1, 0.15) is 30.6 Å². The Kier molecular flexibility index (Phi) is 4.17. The lowest BCUT2D eigenvalue weighted by atomic mass is 10.1. The molecule has 1 aromatic carbocycles. The van der Waals surface area contributed by atoms with Gasteiger partial charge in [-0.1, -0.05) is 32.4 Å². The van der Waals surface area contributed by atoms with Crippen LogP contribution >= 0.6 is 0 Å². The van der Waals surface area contributed by atoms with Crippen LogP contribution in [-0.4, -0.2) is 12.6 Å². The highest BCUT2D eigenvalue weighted by atomic mass is 16.5. The number of benzene rings is 1. The van der Waals surface area contributed by atoms with Crippen molar-refractivity contribution in [2.75, 3.05) is 6.61 Å². The Morgan fingerprint density at radius 1 is 1.50 bits per heavy atom. The van der Waals surface area contributed by atoms with E-state index in [1.165, 1.54) is 0 Å². The topological polar surface area (TPSA) is 26.3 Å². The van der Waals surface area contributed by atoms with Gasteiger partial charge in [0.05, 0.1) is 12.2 Å². The summed E-state index contributed by atoms with van der Waals surface area (Å²) in [6.07, 6.45) is 1.02. The highest BCUT2D eigenvalue weighted by Gasteiger charge is 2.07. The standard InChI is InChI=1S/C12H15O2/c1-3-10(2)9-14-12(13)11-7-5-4-6-8-11/h5-8,10H,3,9H2,1-2H3. The molecule has 0 aliphatic heterocycles. The summed E-state index contributed by atoms with van der Waals surface area (Å²) >= 11 is 0. The van der Waals surface area contributed by atoms with Crippen molar-refractivity contribution in [3.63, 3.8) is 0 Å². The first-order valence-corrected chi connectivity index (χ1v) is 4.87. The van der Waals surface area contributed by atoms with Gasteiger partial charge in [0.25, 0.3) is 0 Å². The van der Waals surface area contributed by atoms with Crippen LogP contribution in [0.15, 0.2) is 24.3 Å². The molecule has 14 heavy (non-hydrogen) atoms. The van der Waals surface area contributed by atoms with Crippen molar-refractivity contribution >= 4 is 5.97 Å². The molecule has 2 heteroatoms. The maximum absolute atomic E-state index is 11.4. The summed E-state index contributed by atoms with van der Waals surface area (Å²) in [6, 6.07) is 9.69. The molecule has 0 amide bonds. The molecule has 0 spiro atoms. The second kappa shape index (κ2) is 5.43. The second-order valence-corrected chi connectivity index (χ2v) is 3.40. The fourth-order valence-corrected chi connectivity index (χ4v) is 0.942. The number of hydrogen-bond donors (Lipinski definition) is 0. The quantitative estimate of drug-likeness (QED) is 0.684. The van der Waals surface area contributed by atoms with Crippen LogP contribution in [0.5, 0.6) is 0 Å². The largest absolute Gasteiger partial charge is 0.462 e. The van der Waals surface area contributed by atoms with Crippen molar-refractivity contribution in [1.29, 1.82) is 0 Å². The van der Waals surface area contributed by atoms with Gasteiger partial charge in [-0.2, -0.15) is 0 Å². The molecule has 1 rings (SSSR count). The SMILES string of the molecule is CCC(C)COC(=O)c1cc[c]cc1. The molecule has 75 valence electrons. The second-order valence-electron chi connectivity index (χ2n) is 3.40. The van der Waals surface area contributed by atoms with Crippen molar-refractivity contribution in [2.24, 2.45) is 5.92 Å². The summed E-state index contributed by atoms with van der Waals surface area (Å²) in [7, 11) is 0. The fourth-order valence-electron chi connectivity index (χ4n) is 0.942. The molecule has 1 unspecified atom stereocenters. The van der Waals surface area contributed by atoms with Crippen LogP contribution in [-0.2, 0) is 4.74 Å². The number of carbonyl (C=O) groups excluding carboxylic acids is 1. The maximum atomic E-state index is 11.4. The van der Waals surface area contributed by atoms with E-state index >= 15 is 0 Å². The van der Waals surface area contributed by atoms with E-state index in [-0.39, 0.29) is 5.97 Å². The Morgan fingerprint density at radius 2 is 2.14 bits per heavy atom. The summed E-state index contributed by atoms with van der Waals surface area (Å²) in [5.74, 6) is 0.175. The Bertz CT molecular complexity index is 280. The van der Waals surface area contributed by atoms with Crippen molar-refractivity contribution < 1.29 is 9.53 Å². The third kappa shape index (κ3) is 3.21. The molecular weight excluding hydrogens is 176 g/mol. The van der Waals surface area contributed by atoms with E-state index in [1.54, 1.807) is 24.3 Å². The van der Waals surface area contributed by atoms with Gasteiger partial charge in [-0.3, -0.25) is 0 Å². The van der Waals surface area contributed by atoms with Crippen molar-refractivity contribution in [3.05, 3.63) is 35.9 Å². The first-order valence-electron chi connectivity index (χ1n) is 4.87. The molecule has 0 fully saturated rings. The van der Waals surface area contributed by atoms with Gasteiger partial charge in [-0.25, -0.2) is 4.79 Å². The van der Waals surface area contributed by atoms with Gasteiger partial charge in [0.1, 0.15) is 0 Å². The molecule has 1 radical (unpaired) electrons. The number of hydrogen-bond acceptors (Lipinski definition) is 2. The number of rotatable bonds is 4. The van der Waals surface area contributed by atoms with E-state index in [0.717, 1.165) is 6.42 Å². The lowest BCUT2D eigenvalue weighted by Crippen LogP contribution is -2.11. The molecule has 0 aromatic heterocycles. The van der Waals surface area contributed by atoms with Gasteiger partial charge in [0.2, 0.25) is 0 Å². The van der Waals surface area contributed by atoms with Gasteiger partial charge in [-0.05, 0) is 24.1 Å². The number of esters is 1. The highest BCUT2D eigenvalue weighted by molar-refractivity contribution is 5.89. The molecule has 0 bridgehead atoms. The summed E-state index contributed by atoms with van der Waals surface area (Å²) in [5.41, 5.74) is 0.590. The minimum Gasteiger partial charge on any atom is -0.462 e. The van der Waals surface area contributed by atoms with E-state index < -0.39 is 0 Å². The lowest BCUT2D eigenvalue weighted by Gasteiger charge is -2.09. The van der Waals surface area contributed by atoms with Crippen LogP contribution in [0.3, 0.4) is 0 Å². The van der Waals surface area contributed by atoms with Crippen LogP contribution in [0.2, 0.25) is 0 Å². The number of carbonyl (C=O) groups is 1. The molecular formula is C12H15O2. The molecule has 0 saturated carbocycles. The van der Waals surface area contributed by atoms with Crippen molar-refractivity contribution in [3.8, 4) is 0 Å². The average Bonchev–Trinajstić information content (AvgIpc) is 2.26. The zero-order valence-corrected chi connectivity index (χ0v) is 8.62. The Labute approximate surface area is 84.9 Å². The van der Waals surface area contributed by atoms with Crippen LogP contribution in [0.25, 0.3) is 0 Å². The van der Waals surface area contributed by atoms with Crippen molar-refractivity contribution in [1.82, 2.24) is 0 Å². The van der Waals surface area contributed by atoms with Crippen LogP contribution in [0.4, 0.5) is 0 Å². The first kappa shape index (κ1) is 10.8. The van der Waals surface area contributed by atoms with Gasteiger partial charge in [0, 0.05) is 0 Å². The predicted octanol–water partition coefficient (Wildman–Crippen LogP) is 2.69. The molecule has 2 nitrogen and oxygen atoms in total. The minimum absolute atomic E-state index is 0.251. The predicted molar refractivity (Wildman–Crippen MR) is 55.0 cm³/mol. The Balaban J connectivity index is 2.44. The van der Waals surface area contributed by atoms with E-state index in [0.29, 0.717) is 18.1 Å². The molecule has 1 aromatic rings. The highest BCUT2D eigenvalue weighted by Crippen LogP contribution is 2.05. The monoisotopic (exact) mass is 191 g/mol. The number of ether oxygens (including phenoxy) is 1. The third-order valence-electron chi connectivity index (χ3n) is 2.15. The zero-order chi connectivity index (χ0) is 10.4. The molecule has 0 aliphatic rings. The fraction of sp³-hybridized carbons (Fsp3) is 0.417. The van der Waals surface area contributed by atoms with E-state index in [9.17, 15) is 4.79 Å². The van der Waals surface area contributed by atoms with Crippen LogP contribution < -0.4 is 0 Å². The minimum atomic E-state index is -0.251. The van der Waals surface area contributed by atoms with E-state index in [4.69, 9.17) is 4.74 Å². The van der Waals surface area contributed by atoms with Gasteiger partial charge < -0.3 is 4.74 Å². The molecule has 1 atom stereocenters. The van der Waals surface area contributed by atoms with E-state index in [2.05, 4.69) is 19.9 Å². The van der Waals surface area contributed by atoms with Crippen LogP contribution in [0, 0.1) is 12.0 Å². The Hall–Kier alpha value is -1.31.